The Bertz CT molecular complexity index is 637. The molecule has 0 saturated carbocycles. The summed E-state index contributed by atoms with van der Waals surface area (Å²) in [6.07, 6.45) is 8.57. The van der Waals surface area contributed by atoms with E-state index in [0.29, 0.717) is 44.4 Å². The van der Waals surface area contributed by atoms with Crippen LogP contribution in [-0.4, -0.2) is 78.2 Å². The number of nitrogens with one attached hydrogen (secondary N) is 4. The van der Waals surface area contributed by atoms with E-state index >= 15 is 0 Å². The van der Waals surface area contributed by atoms with Crippen molar-refractivity contribution in [2.24, 2.45) is 0 Å². The summed E-state index contributed by atoms with van der Waals surface area (Å²) in [5.41, 5.74) is 0. The molecule has 3 aliphatic rings. The number of hydrogen-bond acceptors (Lipinski definition) is 7. The number of ether oxygens (including phenoxy) is 1. The molecule has 3 saturated heterocycles. The Morgan fingerprint density at radius 3 is 2.33 bits per heavy atom. The molecule has 3 rings (SSSR count). The Kier molecular flexibility index (Phi) is 12.4. The quantitative estimate of drug-likeness (QED) is 0.141. The van der Waals surface area contributed by atoms with Crippen LogP contribution in [0.15, 0.2) is 0 Å². The molecule has 188 valence electrons. The zero-order chi connectivity index (χ0) is 23.3. The van der Waals surface area contributed by atoms with Crippen molar-refractivity contribution in [3.63, 3.8) is 0 Å². The molecule has 0 aromatic heterocycles. The molecule has 3 aliphatic heterocycles. The number of unbranched alkanes of at least 4 members (excludes halogenated alkanes) is 2. The number of hydrogen-bond donors (Lipinski definition) is 4. The van der Waals surface area contributed by atoms with Crippen LogP contribution in [0.5, 0.6) is 0 Å². The number of thioether (sulfide) groups is 1. The Morgan fingerprint density at radius 1 is 0.970 bits per heavy atom. The van der Waals surface area contributed by atoms with Gasteiger partial charge in [-0.2, -0.15) is 11.8 Å². The van der Waals surface area contributed by atoms with Gasteiger partial charge in [0.25, 0.3) is 0 Å². The van der Waals surface area contributed by atoms with Crippen LogP contribution in [0.25, 0.3) is 0 Å². The molecule has 3 fully saturated rings. The number of rotatable bonds is 16. The molecule has 8 nitrogen and oxygen atoms in total. The van der Waals surface area contributed by atoms with E-state index in [4.69, 9.17) is 4.74 Å². The van der Waals surface area contributed by atoms with E-state index in [2.05, 4.69) is 21.3 Å². The van der Waals surface area contributed by atoms with Crippen LogP contribution in [0.3, 0.4) is 0 Å². The first-order valence-corrected chi connectivity index (χ1v) is 15.6. The molecule has 11 heteroatoms. The third-order valence-corrected chi connectivity index (χ3v) is 10.6. The second-order valence-electron chi connectivity index (χ2n) is 8.75. The van der Waals surface area contributed by atoms with Gasteiger partial charge in [-0.3, -0.25) is 9.59 Å². The minimum absolute atomic E-state index is 0.0503. The average Bonchev–Trinajstić information content (AvgIpc) is 3.52. The second-order valence-corrected chi connectivity index (χ2v) is 12.8. The van der Waals surface area contributed by atoms with Gasteiger partial charge in [-0.15, -0.1) is 0 Å². The summed E-state index contributed by atoms with van der Waals surface area (Å²) in [6, 6.07) is 0.440. The van der Waals surface area contributed by atoms with Crippen molar-refractivity contribution in [1.82, 2.24) is 21.3 Å². The molecule has 0 bridgehead atoms. The molecule has 33 heavy (non-hydrogen) atoms. The Labute approximate surface area is 209 Å². The summed E-state index contributed by atoms with van der Waals surface area (Å²) in [5.74, 6) is 2.38. The fourth-order valence-electron chi connectivity index (χ4n) is 4.30. The summed E-state index contributed by atoms with van der Waals surface area (Å²) < 4.78 is 5.49. The highest BCUT2D eigenvalue weighted by Gasteiger charge is 2.42. The summed E-state index contributed by atoms with van der Waals surface area (Å²) in [4.78, 5) is 35.2. The average molecular weight is 519 g/mol. The van der Waals surface area contributed by atoms with E-state index < -0.39 is 0 Å². The van der Waals surface area contributed by atoms with E-state index in [0.717, 1.165) is 43.1 Å². The number of fused-ring (bicyclic) bond motifs is 1. The highest BCUT2D eigenvalue weighted by molar-refractivity contribution is 8.77. The highest BCUT2D eigenvalue weighted by atomic mass is 33.1. The lowest BCUT2D eigenvalue weighted by molar-refractivity contribution is -0.121. The van der Waals surface area contributed by atoms with Gasteiger partial charge in [-0.1, -0.05) is 34.4 Å². The summed E-state index contributed by atoms with van der Waals surface area (Å²) in [7, 11) is 3.96. The number of carbonyl (C=O) groups excluding carboxylic acids is 3. The Morgan fingerprint density at radius 2 is 1.67 bits per heavy atom. The van der Waals surface area contributed by atoms with Crippen molar-refractivity contribution in [1.29, 1.82) is 0 Å². The molecule has 4 N–H and O–H groups in total. The van der Waals surface area contributed by atoms with Gasteiger partial charge in [0, 0.05) is 47.9 Å². The van der Waals surface area contributed by atoms with Crippen LogP contribution in [0.1, 0.15) is 57.8 Å². The van der Waals surface area contributed by atoms with E-state index in [1.807, 2.05) is 33.3 Å². The lowest BCUT2D eigenvalue weighted by Gasteiger charge is -2.16. The first-order chi connectivity index (χ1) is 16.1. The van der Waals surface area contributed by atoms with Crippen molar-refractivity contribution in [3.05, 3.63) is 0 Å². The first-order valence-electron chi connectivity index (χ1n) is 12.2. The van der Waals surface area contributed by atoms with E-state index in [9.17, 15) is 14.4 Å². The van der Waals surface area contributed by atoms with E-state index in [1.165, 1.54) is 18.6 Å². The smallest absolute Gasteiger partial charge is 0.315 e. The van der Waals surface area contributed by atoms with Crippen molar-refractivity contribution >= 4 is 51.2 Å². The molecule has 3 heterocycles. The molecule has 0 aromatic carbocycles. The Balaban J connectivity index is 1.06. The number of urea groups is 1. The zero-order valence-electron chi connectivity index (χ0n) is 19.3. The highest BCUT2D eigenvalue weighted by Crippen LogP contribution is 2.39. The fourth-order valence-corrected chi connectivity index (χ4v) is 8.87. The molecule has 4 atom stereocenters. The molecule has 0 aromatic rings. The van der Waals surface area contributed by atoms with Crippen molar-refractivity contribution in [2.75, 3.05) is 37.8 Å². The van der Waals surface area contributed by atoms with Gasteiger partial charge in [0.05, 0.1) is 25.3 Å². The van der Waals surface area contributed by atoms with Crippen molar-refractivity contribution in [3.8, 4) is 0 Å². The van der Waals surface area contributed by atoms with Crippen LogP contribution in [0, 0.1) is 0 Å². The largest absolute Gasteiger partial charge is 0.378 e. The lowest BCUT2D eigenvalue weighted by Crippen LogP contribution is -2.36. The SMILES string of the molecule is O=C(CCCC[C@@H]1CCSS1)NCCOCCNC(=O)CCCC[C@H]1SCC2NC(=O)N[C@H]21. The molecule has 0 spiro atoms. The third-order valence-electron chi connectivity index (χ3n) is 6.12. The number of amides is 4. The van der Waals surface area contributed by atoms with E-state index in [1.54, 1.807) is 0 Å². The van der Waals surface area contributed by atoms with Gasteiger partial charge < -0.3 is 26.0 Å². The van der Waals surface area contributed by atoms with Gasteiger partial charge in [0.1, 0.15) is 0 Å². The van der Waals surface area contributed by atoms with Crippen LogP contribution in [0.2, 0.25) is 0 Å². The molecule has 1 unspecified atom stereocenters. The fraction of sp³-hybridized carbons (Fsp3) is 0.864. The van der Waals surface area contributed by atoms with Gasteiger partial charge >= 0.3 is 6.03 Å². The minimum atomic E-state index is -0.0530. The topological polar surface area (TPSA) is 109 Å². The minimum Gasteiger partial charge on any atom is -0.378 e. The van der Waals surface area contributed by atoms with Crippen LogP contribution in [-0.2, 0) is 14.3 Å². The maximum Gasteiger partial charge on any atom is 0.315 e. The summed E-state index contributed by atoms with van der Waals surface area (Å²) >= 11 is 1.91. The standard InChI is InChI=1S/C22H38N4O4S3/c27-19(7-3-1-5-16-9-14-32-33-16)23-10-12-30-13-11-24-20(28)8-4-2-6-18-21-17(15-31-18)25-22(29)26-21/h16-18,21H,1-15H2,(H,23,27)(H,24,28)(H2,25,26,29)/t16-,17?,18-,21-/m1/s1. The van der Waals surface area contributed by atoms with E-state index in [-0.39, 0.29) is 29.9 Å². The maximum absolute atomic E-state index is 12.0. The van der Waals surface area contributed by atoms with Gasteiger partial charge in [-0.05, 0) is 32.1 Å². The van der Waals surface area contributed by atoms with Crippen LogP contribution < -0.4 is 21.3 Å². The van der Waals surface area contributed by atoms with Gasteiger partial charge in [0.15, 0.2) is 0 Å². The van der Waals surface area contributed by atoms with Crippen molar-refractivity contribution < 1.29 is 19.1 Å². The molecule has 0 radical (unpaired) electrons. The molecule has 0 aliphatic carbocycles. The number of carbonyl (C=O) groups is 3. The monoisotopic (exact) mass is 518 g/mol. The second kappa shape index (κ2) is 15.3. The van der Waals surface area contributed by atoms with Crippen molar-refractivity contribution in [2.45, 2.75) is 80.4 Å². The zero-order valence-corrected chi connectivity index (χ0v) is 21.7. The predicted molar refractivity (Wildman–Crippen MR) is 138 cm³/mol. The Hall–Kier alpha value is -0.780. The third kappa shape index (κ3) is 10.2. The lowest BCUT2D eigenvalue weighted by atomic mass is 10.0. The van der Waals surface area contributed by atoms with Crippen LogP contribution >= 0.6 is 33.3 Å². The molecule has 4 amide bonds. The van der Waals surface area contributed by atoms with Gasteiger partial charge in [-0.25, -0.2) is 4.79 Å². The summed E-state index contributed by atoms with van der Waals surface area (Å²) in [6.45, 7) is 1.92. The molecular formula is C22H38N4O4S3. The van der Waals surface area contributed by atoms with Gasteiger partial charge in [0.2, 0.25) is 11.8 Å². The normalized spacial score (nSPS) is 26.0. The van der Waals surface area contributed by atoms with Crippen LogP contribution in [0.4, 0.5) is 4.79 Å². The first kappa shape index (κ1) is 26.8. The summed E-state index contributed by atoms with van der Waals surface area (Å²) in [5, 5.41) is 13.0. The molecular weight excluding hydrogens is 480 g/mol. The predicted octanol–water partition coefficient (Wildman–Crippen LogP) is 2.68. The maximum atomic E-state index is 12.0.